The Morgan fingerprint density at radius 2 is 1.81 bits per heavy atom. The topological polar surface area (TPSA) is 59.5 Å². The third kappa shape index (κ3) is 4.95. The first-order chi connectivity index (χ1) is 13.1. The number of ether oxygens (including phenoxy) is 1. The molecule has 1 atom stereocenters. The van der Waals surface area contributed by atoms with Crippen molar-refractivity contribution in [2.45, 2.75) is 52.1 Å². The molecule has 1 aromatic heterocycles. The summed E-state index contributed by atoms with van der Waals surface area (Å²) >= 11 is 1.40. The van der Waals surface area contributed by atoms with Gasteiger partial charge in [0.2, 0.25) is 0 Å². The smallest absolute Gasteiger partial charge is 0.358 e. The van der Waals surface area contributed by atoms with Crippen molar-refractivity contribution < 1.29 is 14.3 Å². The second-order valence-electron chi connectivity index (χ2n) is 6.88. The van der Waals surface area contributed by atoms with Gasteiger partial charge < -0.3 is 9.64 Å². The number of amides is 1. The van der Waals surface area contributed by atoms with Crippen molar-refractivity contribution in [1.82, 2.24) is 9.88 Å². The van der Waals surface area contributed by atoms with Crippen LogP contribution in [0.5, 0.6) is 0 Å². The maximum Gasteiger partial charge on any atom is 0.358 e. The van der Waals surface area contributed by atoms with Gasteiger partial charge in [-0.05, 0) is 31.7 Å². The normalized spacial score (nSPS) is 15.9. The lowest BCUT2D eigenvalue weighted by atomic mass is 10.1. The minimum absolute atomic E-state index is 0.115. The van der Waals surface area contributed by atoms with Crippen molar-refractivity contribution in [2.75, 3.05) is 13.1 Å². The van der Waals surface area contributed by atoms with Crippen molar-refractivity contribution in [3.63, 3.8) is 0 Å². The van der Waals surface area contributed by atoms with Crippen molar-refractivity contribution in [3.05, 3.63) is 40.9 Å². The van der Waals surface area contributed by atoms with Gasteiger partial charge in [-0.3, -0.25) is 4.79 Å². The molecule has 0 radical (unpaired) electrons. The summed E-state index contributed by atoms with van der Waals surface area (Å²) in [5.41, 5.74) is 2.49. The molecule has 1 aliphatic rings. The van der Waals surface area contributed by atoms with Crippen LogP contribution in [-0.2, 0) is 16.0 Å². The summed E-state index contributed by atoms with van der Waals surface area (Å²) in [6.45, 7) is 5.24. The number of carbonyl (C=O) groups excluding carboxylic acids is 2. The summed E-state index contributed by atoms with van der Waals surface area (Å²) in [6, 6.07) is 8.16. The predicted octanol–water partition coefficient (Wildman–Crippen LogP) is 4.32. The molecule has 2 aromatic rings. The van der Waals surface area contributed by atoms with Crippen LogP contribution in [0.1, 0.15) is 55.6 Å². The maximum absolute atomic E-state index is 12.5. The monoisotopic (exact) mass is 386 g/mol. The Balaban J connectivity index is 1.62. The fraction of sp³-hybridized carbons (Fsp3) is 0.476. The zero-order valence-corrected chi connectivity index (χ0v) is 16.8. The molecule has 5 nitrogen and oxygen atoms in total. The van der Waals surface area contributed by atoms with Crippen LogP contribution in [0.4, 0.5) is 0 Å². The van der Waals surface area contributed by atoms with E-state index in [-0.39, 0.29) is 11.6 Å². The van der Waals surface area contributed by atoms with E-state index in [0.717, 1.165) is 55.8 Å². The molecule has 3 rings (SSSR count). The first-order valence-corrected chi connectivity index (χ1v) is 10.5. The number of hydrogen-bond acceptors (Lipinski definition) is 5. The lowest BCUT2D eigenvalue weighted by Gasteiger charge is -2.23. The first-order valence-electron chi connectivity index (χ1n) is 9.63. The van der Waals surface area contributed by atoms with Gasteiger partial charge in [0.15, 0.2) is 11.8 Å². The van der Waals surface area contributed by atoms with Crippen LogP contribution >= 0.6 is 11.3 Å². The Kier molecular flexibility index (Phi) is 6.61. The molecule has 2 heterocycles. The fourth-order valence-corrected chi connectivity index (χ4v) is 4.00. The highest BCUT2D eigenvalue weighted by Crippen LogP contribution is 2.25. The maximum atomic E-state index is 12.5. The molecule has 0 N–H and O–H groups in total. The Hall–Kier alpha value is -2.21. The largest absolute Gasteiger partial charge is 0.448 e. The number of esters is 1. The van der Waals surface area contributed by atoms with Gasteiger partial charge >= 0.3 is 5.97 Å². The molecule has 27 heavy (non-hydrogen) atoms. The van der Waals surface area contributed by atoms with Crippen LogP contribution < -0.4 is 0 Å². The van der Waals surface area contributed by atoms with E-state index >= 15 is 0 Å². The molecule has 1 amide bonds. The van der Waals surface area contributed by atoms with Gasteiger partial charge in [0.25, 0.3) is 5.91 Å². The lowest BCUT2D eigenvalue weighted by molar-refractivity contribution is -0.139. The van der Waals surface area contributed by atoms with Gasteiger partial charge in [-0.1, -0.05) is 44.0 Å². The van der Waals surface area contributed by atoms with Crippen LogP contribution in [-0.4, -0.2) is 41.0 Å². The minimum Gasteiger partial charge on any atom is -0.448 e. The zero-order chi connectivity index (χ0) is 19.2. The number of likely N-dealkylation sites (tertiary alicyclic amines) is 1. The van der Waals surface area contributed by atoms with Crippen LogP contribution in [0.2, 0.25) is 0 Å². The molecule has 6 heteroatoms. The minimum atomic E-state index is -0.787. The molecule has 0 spiro atoms. The summed E-state index contributed by atoms with van der Waals surface area (Å²) in [6.07, 6.45) is 4.53. The van der Waals surface area contributed by atoms with Gasteiger partial charge in [0.05, 0.1) is 0 Å². The lowest BCUT2D eigenvalue weighted by Crippen LogP contribution is -2.40. The highest BCUT2D eigenvalue weighted by molar-refractivity contribution is 7.13. The molecule has 1 saturated heterocycles. The van der Waals surface area contributed by atoms with E-state index in [0.29, 0.717) is 0 Å². The van der Waals surface area contributed by atoms with Crippen LogP contribution in [0, 0.1) is 0 Å². The quantitative estimate of drug-likeness (QED) is 0.718. The number of aryl methyl sites for hydroxylation is 1. The Morgan fingerprint density at radius 1 is 1.15 bits per heavy atom. The van der Waals surface area contributed by atoms with Gasteiger partial charge in [-0.15, -0.1) is 11.3 Å². The summed E-state index contributed by atoms with van der Waals surface area (Å²) in [5.74, 6) is -0.658. The van der Waals surface area contributed by atoms with E-state index in [1.54, 1.807) is 12.3 Å². The number of nitrogens with zero attached hydrogens (tertiary/aromatic N) is 2. The number of hydrogen-bond donors (Lipinski definition) is 0. The van der Waals surface area contributed by atoms with Crippen LogP contribution in [0.25, 0.3) is 10.6 Å². The molecular weight excluding hydrogens is 360 g/mol. The molecule has 0 bridgehead atoms. The van der Waals surface area contributed by atoms with Crippen LogP contribution in [0.3, 0.4) is 0 Å². The molecule has 0 unspecified atom stereocenters. The van der Waals surface area contributed by atoms with Crippen molar-refractivity contribution in [3.8, 4) is 10.6 Å². The van der Waals surface area contributed by atoms with E-state index in [1.807, 2.05) is 17.0 Å². The van der Waals surface area contributed by atoms with Gasteiger partial charge in [0, 0.05) is 24.0 Å². The number of carbonyl (C=O) groups is 2. The second kappa shape index (κ2) is 9.13. The molecular formula is C21H26N2O3S. The second-order valence-corrected chi connectivity index (χ2v) is 7.73. The van der Waals surface area contributed by atoms with E-state index in [9.17, 15) is 9.59 Å². The molecule has 1 aliphatic heterocycles. The highest BCUT2D eigenvalue weighted by atomic mass is 32.1. The summed E-state index contributed by atoms with van der Waals surface area (Å²) in [5, 5.41) is 2.46. The third-order valence-corrected chi connectivity index (χ3v) is 5.76. The summed E-state index contributed by atoms with van der Waals surface area (Å²) in [4.78, 5) is 31.1. The zero-order valence-electron chi connectivity index (χ0n) is 15.9. The van der Waals surface area contributed by atoms with Crippen molar-refractivity contribution in [2.24, 2.45) is 0 Å². The number of rotatable bonds is 5. The van der Waals surface area contributed by atoms with E-state index in [2.05, 4.69) is 24.0 Å². The molecule has 1 fully saturated rings. The Morgan fingerprint density at radius 3 is 2.44 bits per heavy atom. The number of aromatic nitrogens is 1. The SMILES string of the molecule is CCc1ccc(-c2nc(C(=O)O[C@@H](C)C(=O)N3CCCCCC3)cs2)cc1. The third-order valence-electron chi connectivity index (χ3n) is 4.87. The van der Waals surface area contributed by atoms with Crippen molar-refractivity contribution in [1.29, 1.82) is 0 Å². The van der Waals surface area contributed by atoms with Gasteiger partial charge in [-0.2, -0.15) is 0 Å². The van der Waals surface area contributed by atoms with E-state index < -0.39 is 12.1 Å². The van der Waals surface area contributed by atoms with Crippen molar-refractivity contribution >= 4 is 23.2 Å². The molecule has 144 valence electrons. The van der Waals surface area contributed by atoms with Gasteiger partial charge in [0.1, 0.15) is 5.01 Å². The predicted molar refractivity (Wildman–Crippen MR) is 107 cm³/mol. The average Bonchev–Trinajstić information content (AvgIpc) is 3.03. The Bertz CT molecular complexity index is 777. The standard InChI is InChI=1S/C21H26N2O3S/c1-3-16-8-10-17(11-9-16)19-22-18(14-27-19)21(25)26-15(2)20(24)23-12-6-4-5-7-13-23/h8-11,14-15H,3-7,12-13H2,1-2H3/t15-/m0/s1. The van der Waals surface area contributed by atoms with Gasteiger partial charge in [-0.25, -0.2) is 9.78 Å². The molecule has 1 aromatic carbocycles. The number of benzene rings is 1. The molecule has 0 saturated carbocycles. The summed E-state index contributed by atoms with van der Waals surface area (Å²) in [7, 11) is 0. The fourth-order valence-electron chi connectivity index (χ4n) is 3.20. The highest BCUT2D eigenvalue weighted by Gasteiger charge is 2.25. The molecule has 0 aliphatic carbocycles. The summed E-state index contributed by atoms with van der Waals surface area (Å²) < 4.78 is 5.39. The first kappa shape index (κ1) is 19.5. The van der Waals surface area contributed by atoms with Crippen LogP contribution in [0.15, 0.2) is 29.6 Å². The number of thiazole rings is 1. The van der Waals surface area contributed by atoms with E-state index in [4.69, 9.17) is 4.74 Å². The average molecular weight is 387 g/mol. The van der Waals surface area contributed by atoms with E-state index in [1.165, 1.54) is 16.9 Å². The Labute approximate surface area is 164 Å².